The van der Waals surface area contributed by atoms with Gasteiger partial charge in [-0.25, -0.2) is 0 Å². The van der Waals surface area contributed by atoms with Crippen molar-refractivity contribution in [2.24, 2.45) is 0 Å². The summed E-state index contributed by atoms with van der Waals surface area (Å²) in [4.78, 5) is 0. The third kappa shape index (κ3) is 2.41. The Morgan fingerprint density at radius 3 is 2.47 bits per heavy atom. The Kier molecular flexibility index (Phi) is 3.78. The fourth-order valence-corrected chi connectivity index (χ4v) is 1.90. The summed E-state index contributed by atoms with van der Waals surface area (Å²) in [6.45, 7) is 0. The molecule has 0 aromatic heterocycles. The molecule has 1 fully saturated rings. The fraction of sp³-hybridized carbons (Fsp3) is 0.154. The molecule has 0 heterocycles. The Labute approximate surface area is 104 Å². The van der Waals surface area contributed by atoms with Crippen molar-refractivity contribution in [1.29, 1.82) is 0 Å². The standard InChI is InChI=1S/C13H11.ClH.Zn/c1-2-6-12-10(4-1)5-3-7-13(12)11-8-9-11;;/h1-8,11H,9H2;1H;/q-1;;+2/p-1/t11-;;/m1../s1. The van der Waals surface area contributed by atoms with Gasteiger partial charge >= 0.3 is 27.0 Å². The fourth-order valence-electron chi connectivity index (χ4n) is 1.90. The number of hydrogen-bond donors (Lipinski definition) is 0. The molecule has 2 heteroatoms. The average molecular weight is 268 g/mol. The zero-order valence-electron chi connectivity index (χ0n) is 8.49. The van der Waals surface area contributed by atoms with Crippen molar-refractivity contribution in [3.05, 3.63) is 54.4 Å². The van der Waals surface area contributed by atoms with Crippen molar-refractivity contribution >= 4 is 20.5 Å². The Morgan fingerprint density at radius 1 is 1.07 bits per heavy atom. The van der Waals surface area contributed by atoms with Crippen LogP contribution in [0.1, 0.15) is 17.9 Å². The first-order chi connectivity index (χ1) is 7.45. The van der Waals surface area contributed by atoms with Crippen LogP contribution in [0.25, 0.3) is 10.8 Å². The number of halogens is 1. The molecule has 3 rings (SSSR count). The van der Waals surface area contributed by atoms with Crippen LogP contribution in [0.2, 0.25) is 0 Å². The Bertz CT molecular complexity index is 444. The molecule has 72 valence electrons. The van der Waals surface area contributed by atoms with Gasteiger partial charge in [-0.1, -0.05) is 48.0 Å². The molecule has 1 aliphatic carbocycles. The van der Waals surface area contributed by atoms with Gasteiger partial charge in [-0.15, -0.1) is 0 Å². The molecule has 1 saturated carbocycles. The molecule has 0 spiro atoms. The van der Waals surface area contributed by atoms with Crippen LogP contribution >= 0.6 is 9.69 Å². The summed E-state index contributed by atoms with van der Waals surface area (Å²) < 4.78 is 0. The third-order valence-corrected chi connectivity index (χ3v) is 2.69. The van der Waals surface area contributed by atoms with Gasteiger partial charge in [-0.3, -0.25) is 0 Å². The van der Waals surface area contributed by atoms with Crippen LogP contribution < -0.4 is 0 Å². The number of fused-ring (bicyclic) bond motifs is 1. The Hall–Kier alpha value is -0.387. The van der Waals surface area contributed by atoms with Crippen LogP contribution in [0.15, 0.2) is 42.5 Å². The molecule has 2 aromatic rings. The van der Waals surface area contributed by atoms with Gasteiger partial charge in [0.15, 0.2) is 0 Å². The quantitative estimate of drug-likeness (QED) is 0.536. The van der Waals surface area contributed by atoms with Gasteiger partial charge < -0.3 is 6.42 Å². The van der Waals surface area contributed by atoms with Crippen molar-refractivity contribution in [3.8, 4) is 0 Å². The maximum atomic E-state index is 4.76. The molecule has 0 radical (unpaired) electrons. The zero-order chi connectivity index (χ0) is 10.7. The third-order valence-electron chi connectivity index (χ3n) is 2.69. The van der Waals surface area contributed by atoms with E-state index >= 15 is 0 Å². The first-order valence-corrected chi connectivity index (χ1v) is 8.93. The molecule has 15 heavy (non-hydrogen) atoms. The van der Waals surface area contributed by atoms with Gasteiger partial charge in [0.2, 0.25) is 0 Å². The van der Waals surface area contributed by atoms with Crippen molar-refractivity contribution in [2.75, 3.05) is 0 Å². The molecule has 0 unspecified atom stereocenters. The van der Waals surface area contributed by atoms with Gasteiger partial charge in [0, 0.05) is 0 Å². The average Bonchev–Trinajstić information content (AvgIpc) is 3.15. The number of benzene rings is 2. The summed E-state index contributed by atoms with van der Waals surface area (Å²) in [5.41, 5.74) is 1.50. The summed E-state index contributed by atoms with van der Waals surface area (Å²) in [6.07, 6.45) is 3.62. The Balaban J connectivity index is 0.000000404. The molecular weight excluding hydrogens is 257 g/mol. The summed E-state index contributed by atoms with van der Waals surface area (Å²) in [5.74, 6) is 0.728. The van der Waals surface area contributed by atoms with E-state index in [1.807, 2.05) is 0 Å². The van der Waals surface area contributed by atoms with Crippen molar-refractivity contribution in [1.82, 2.24) is 0 Å². The molecule has 0 aliphatic heterocycles. The van der Waals surface area contributed by atoms with Crippen molar-refractivity contribution in [3.63, 3.8) is 0 Å². The van der Waals surface area contributed by atoms with E-state index in [0.29, 0.717) is 0 Å². The molecule has 1 aliphatic rings. The minimum absolute atomic E-state index is 0.728. The summed E-state index contributed by atoms with van der Waals surface area (Å²) in [5, 5.41) is 2.78. The minimum Gasteiger partial charge on any atom is -0.325 e. The van der Waals surface area contributed by atoms with Crippen LogP contribution in [-0.4, -0.2) is 0 Å². The predicted molar refractivity (Wildman–Crippen MR) is 61.5 cm³/mol. The van der Waals surface area contributed by atoms with Gasteiger partial charge in [-0.2, -0.15) is 12.3 Å². The second-order valence-corrected chi connectivity index (χ2v) is 3.65. The van der Waals surface area contributed by atoms with E-state index in [1.165, 1.54) is 22.8 Å². The molecule has 1 atom stereocenters. The van der Waals surface area contributed by atoms with E-state index in [-0.39, 0.29) is 0 Å². The summed E-state index contributed by atoms with van der Waals surface area (Å²) in [7, 11) is 4.76. The van der Waals surface area contributed by atoms with Crippen LogP contribution in [0.3, 0.4) is 0 Å². The molecule has 0 amide bonds. The SMILES string of the molecule is [Cl][Zn+].c1ccc2c([C@@H]3[CH-]C3)cccc2c1. The smallest absolute Gasteiger partial charge is 0.0176 e. The largest absolute Gasteiger partial charge is 0.325 e. The first-order valence-electron chi connectivity index (χ1n) is 5.03. The van der Waals surface area contributed by atoms with E-state index in [2.05, 4.69) is 48.9 Å². The first kappa shape index (κ1) is 11.1. The molecule has 0 nitrogen and oxygen atoms in total. The van der Waals surface area contributed by atoms with Crippen LogP contribution in [-0.2, 0) is 17.3 Å². The summed E-state index contributed by atoms with van der Waals surface area (Å²) >= 11 is 0.847. The maximum Gasteiger partial charge on any atom is -0.0176 e. The normalized spacial score (nSPS) is 18.2. The van der Waals surface area contributed by atoms with Gasteiger partial charge in [0.1, 0.15) is 0 Å². The molecular formula is C13H11ClZn. The van der Waals surface area contributed by atoms with Crippen LogP contribution in [0.5, 0.6) is 0 Å². The Morgan fingerprint density at radius 2 is 1.73 bits per heavy atom. The second-order valence-electron chi connectivity index (χ2n) is 3.65. The van der Waals surface area contributed by atoms with Crippen LogP contribution in [0.4, 0.5) is 0 Å². The van der Waals surface area contributed by atoms with Crippen LogP contribution in [0, 0.1) is 6.42 Å². The van der Waals surface area contributed by atoms with E-state index in [0.717, 1.165) is 23.2 Å². The maximum absolute atomic E-state index is 4.76. The topological polar surface area (TPSA) is 0 Å². The second kappa shape index (κ2) is 5.10. The van der Waals surface area contributed by atoms with Crippen molar-refractivity contribution < 1.29 is 17.3 Å². The number of hydrogen-bond acceptors (Lipinski definition) is 0. The van der Waals surface area contributed by atoms with E-state index in [9.17, 15) is 0 Å². The molecule has 2 aromatic carbocycles. The minimum atomic E-state index is 0.728. The molecule has 0 N–H and O–H groups in total. The zero-order valence-corrected chi connectivity index (χ0v) is 12.2. The number of rotatable bonds is 1. The molecule has 0 bridgehead atoms. The van der Waals surface area contributed by atoms with E-state index in [1.54, 1.807) is 0 Å². The van der Waals surface area contributed by atoms with Gasteiger partial charge in [0.05, 0.1) is 0 Å². The van der Waals surface area contributed by atoms with Gasteiger partial charge in [-0.05, 0) is 10.8 Å². The summed E-state index contributed by atoms with van der Waals surface area (Å²) in [6, 6.07) is 15.2. The predicted octanol–water partition coefficient (Wildman–Crippen LogP) is 4.22. The van der Waals surface area contributed by atoms with E-state index in [4.69, 9.17) is 9.69 Å². The van der Waals surface area contributed by atoms with Crippen molar-refractivity contribution in [2.45, 2.75) is 12.3 Å². The molecule has 0 saturated heterocycles. The van der Waals surface area contributed by atoms with E-state index < -0.39 is 0 Å². The van der Waals surface area contributed by atoms with Gasteiger partial charge in [0.25, 0.3) is 0 Å². The monoisotopic (exact) mass is 266 g/mol.